The Morgan fingerprint density at radius 1 is 1.05 bits per heavy atom. The van der Waals surface area contributed by atoms with Crippen LogP contribution in [0.4, 0.5) is 0 Å². The van der Waals surface area contributed by atoms with Gasteiger partial charge < -0.3 is 24.3 Å². The van der Waals surface area contributed by atoms with Gasteiger partial charge in [-0.2, -0.15) is 5.26 Å². The molecule has 1 amide bonds. The molecule has 0 heterocycles. The smallest absolute Gasteiger partial charge is 0.262 e. The first-order valence-electron chi connectivity index (χ1n) is 11.3. The predicted molar refractivity (Wildman–Crippen MR) is 146 cm³/mol. The summed E-state index contributed by atoms with van der Waals surface area (Å²) in [7, 11) is 3.10. The zero-order chi connectivity index (χ0) is 26.8. The van der Waals surface area contributed by atoms with Gasteiger partial charge in [-0.05, 0) is 64.8 Å². The maximum absolute atomic E-state index is 12.8. The number of carbonyl (C=O) groups is 1. The lowest BCUT2D eigenvalue weighted by Gasteiger charge is -2.15. The normalized spacial score (nSPS) is 10.9. The summed E-state index contributed by atoms with van der Waals surface area (Å²) in [5, 5.41) is 13.0. The van der Waals surface area contributed by atoms with Crippen molar-refractivity contribution in [3.05, 3.63) is 86.4 Å². The van der Waals surface area contributed by atoms with E-state index in [9.17, 15) is 10.1 Å². The van der Waals surface area contributed by atoms with Gasteiger partial charge in [0.2, 0.25) is 0 Å². The van der Waals surface area contributed by atoms with Crippen molar-refractivity contribution in [1.82, 2.24) is 5.32 Å². The van der Waals surface area contributed by atoms with E-state index in [-0.39, 0.29) is 18.7 Å². The van der Waals surface area contributed by atoms with Crippen LogP contribution in [-0.2, 0) is 17.9 Å². The van der Waals surface area contributed by atoms with E-state index in [1.807, 2.05) is 31.2 Å². The SMILES string of the molecule is CCOc1cc(/C=C(\C#N)C(=O)NCc2ccc(OC)cc2OC)cc(Br)c1OCc1ccccc1Cl. The van der Waals surface area contributed by atoms with Crippen LogP contribution < -0.4 is 24.3 Å². The van der Waals surface area contributed by atoms with Crippen LogP contribution in [0.1, 0.15) is 23.6 Å². The number of ether oxygens (including phenoxy) is 4. The molecule has 0 spiro atoms. The number of methoxy groups -OCH3 is 2. The molecule has 0 bridgehead atoms. The quantitative estimate of drug-likeness (QED) is 0.209. The highest BCUT2D eigenvalue weighted by Gasteiger charge is 2.16. The van der Waals surface area contributed by atoms with Gasteiger partial charge in [0.25, 0.3) is 5.91 Å². The minimum Gasteiger partial charge on any atom is -0.497 e. The first kappa shape index (κ1) is 27.9. The average molecular weight is 586 g/mol. The minimum absolute atomic E-state index is 0.0634. The molecule has 0 aliphatic heterocycles. The highest BCUT2D eigenvalue weighted by atomic mass is 79.9. The molecule has 0 aliphatic carbocycles. The molecule has 0 saturated carbocycles. The molecule has 0 atom stereocenters. The largest absolute Gasteiger partial charge is 0.497 e. The molecule has 0 radical (unpaired) electrons. The average Bonchev–Trinajstić information content (AvgIpc) is 2.90. The van der Waals surface area contributed by atoms with Crippen molar-refractivity contribution >= 4 is 39.5 Å². The topological polar surface area (TPSA) is 89.8 Å². The zero-order valence-corrected chi connectivity index (χ0v) is 23.0. The molecular formula is C28H26BrClN2O5. The van der Waals surface area contributed by atoms with E-state index in [0.717, 1.165) is 11.1 Å². The molecule has 0 unspecified atom stereocenters. The summed E-state index contributed by atoms with van der Waals surface area (Å²) in [6.07, 6.45) is 1.49. The maximum atomic E-state index is 12.8. The van der Waals surface area contributed by atoms with Gasteiger partial charge in [0.05, 0.1) is 25.3 Å². The third-order valence-electron chi connectivity index (χ3n) is 5.27. The number of amides is 1. The Balaban J connectivity index is 1.79. The third-order valence-corrected chi connectivity index (χ3v) is 6.23. The number of halogens is 2. The fourth-order valence-electron chi connectivity index (χ4n) is 3.42. The maximum Gasteiger partial charge on any atom is 0.262 e. The standard InChI is InChI=1S/C28H26BrClN2O5/c1-4-36-26-13-18(12-23(29)27(26)37-17-20-7-5-6-8-24(20)30)11-21(15-31)28(33)32-16-19-9-10-22(34-2)14-25(19)35-3/h5-14H,4,16-17H2,1-3H3,(H,32,33)/b21-11+. The highest BCUT2D eigenvalue weighted by molar-refractivity contribution is 9.10. The lowest BCUT2D eigenvalue weighted by Crippen LogP contribution is -2.24. The lowest BCUT2D eigenvalue weighted by atomic mass is 10.1. The predicted octanol–water partition coefficient (Wildman–Crippen LogP) is 6.32. The van der Waals surface area contributed by atoms with Crippen LogP contribution in [0.5, 0.6) is 23.0 Å². The van der Waals surface area contributed by atoms with Crippen LogP contribution in [0.3, 0.4) is 0 Å². The monoisotopic (exact) mass is 584 g/mol. The molecule has 37 heavy (non-hydrogen) atoms. The molecule has 0 saturated heterocycles. The van der Waals surface area contributed by atoms with Gasteiger partial charge >= 0.3 is 0 Å². The van der Waals surface area contributed by atoms with Crippen molar-refractivity contribution in [1.29, 1.82) is 5.26 Å². The molecule has 7 nitrogen and oxygen atoms in total. The summed E-state index contributed by atoms with van der Waals surface area (Å²) in [6.45, 7) is 2.68. The van der Waals surface area contributed by atoms with Crippen LogP contribution in [0, 0.1) is 11.3 Å². The summed E-state index contributed by atoms with van der Waals surface area (Å²) < 4.78 is 23.0. The number of benzene rings is 3. The van der Waals surface area contributed by atoms with E-state index in [1.54, 1.807) is 43.5 Å². The Labute approximate surface area is 229 Å². The molecule has 0 fully saturated rings. The Morgan fingerprint density at radius 2 is 1.84 bits per heavy atom. The van der Waals surface area contributed by atoms with Gasteiger partial charge in [-0.1, -0.05) is 29.8 Å². The fourth-order valence-corrected chi connectivity index (χ4v) is 4.19. The number of hydrogen-bond acceptors (Lipinski definition) is 6. The minimum atomic E-state index is -0.520. The van der Waals surface area contributed by atoms with Crippen molar-refractivity contribution in [3.63, 3.8) is 0 Å². The van der Waals surface area contributed by atoms with Gasteiger partial charge in [-0.3, -0.25) is 4.79 Å². The molecule has 1 N–H and O–H groups in total. The number of carbonyl (C=O) groups excluding carboxylic acids is 1. The second-order valence-electron chi connectivity index (χ2n) is 7.67. The van der Waals surface area contributed by atoms with E-state index in [4.69, 9.17) is 30.5 Å². The molecular weight excluding hydrogens is 560 g/mol. The van der Waals surface area contributed by atoms with Gasteiger partial charge in [-0.25, -0.2) is 0 Å². The van der Waals surface area contributed by atoms with Gasteiger partial charge in [0.1, 0.15) is 29.7 Å². The Morgan fingerprint density at radius 3 is 2.51 bits per heavy atom. The number of hydrogen-bond donors (Lipinski definition) is 1. The Kier molecular flexibility index (Phi) is 10.2. The van der Waals surface area contributed by atoms with Crippen molar-refractivity contribution < 1.29 is 23.7 Å². The van der Waals surface area contributed by atoms with Crippen molar-refractivity contribution in [2.75, 3.05) is 20.8 Å². The van der Waals surface area contributed by atoms with Gasteiger partial charge in [0.15, 0.2) is 11.5 Å². The molecule has 192 valence electrons. The molecule has 0 aromatic heterocycles. The second-order valence-corrected chi connectivity index (χ2v) is 8.93. The number of rotatable bonds is 11. The number of nitrogens with zero attached hydrogens (tertiary/aromatic N) is 1. The van der Waals surface area contributed by atoms with Crippen LogP contribution >= 0.6 is 27.5 Å². The molecule has 9 heteroatoms. The summed E-state index contributed by atoms with van der Waals surface area (Å²) in [5.74, 6) is 1.65. The summed E-state index contributed by atoms with van der Waals surface area (Å²) in [5.41, 5.74) is 2.11. The van der Waals surface area contributed by atoms with Crippen molar-refractivity contribution in [3.8, 4) is 29.1 Å². The molecule has 0 aliphatic rings. The van der Waals surface area contributed by atoms with E-state index in [0.29, 0.717) is 44.7 Å². The first-order chi connectivity index (χ1) is 17.9. The summed E-state index contributed by atoms with van der Waals surface area (Å²) in [4.78, 5) is 12.8. The lowest BCUT2D eigenvalue weighted by molar-refractivity contribution is -0.117. The molecule has 3 aromatic rings. The van der Waals surface area contributed by atoms with Gasteiger partial charge in [-0.15, -0.1) is 0 Å². The van der Waals surface area contributed by atoms with E-state index < -0.39 is 5.91 Å². The van der Waals surface area contributed by atoms with Crippen LogP contribution in [0.15, 0.2) is 64.6 Å². The molecule has 3 aromatic carbocycles. The number of nitrogens with one attached hydrogen (secondary N) is 1. The van der Waals surface area contributed by atoms with Crippen LogP contribution in [-0.4, -0.2) is 26.7 Å². The summed E-state index contributed by atoms with van der Waals surface area (Å²) in [6, 6.07) is 18.1. The molecule has 3 rings (SSSR count). The van der Waals surface area contributed by atoms with Crippen LogP contribution in [0.25, 0.3) is 6.08 Å². The van der Waals surface area contributed by atoms with Crippen molar-refractivity contribution in [2.24, 2.45) is 0 Å². The fraction of sp³-hybridized carbons (Fsp3) is 0.214. The first-order valence-corrected chi connectivity index (χ1v) is 12.5. The number of nitriles is 1. The highest BCUT2D eigenvalue weighted by Crippen LogP contribution is 2.38. The van der Waals surface area contributed by atoms with Crippen LogP contribution in [0.2, 0.25) is 5.02 Å². The summed E-state index contributed by atoms with van der Waals surface area (Å²) >= 11 is 9.77. The van der Waals surface area contributed by atoms with Gasteiger partial charge in [0, 0.05) is 28.8 Å². The third kappa shape index (κ3) is 7.42. The second kappa shape index (κ2) is 13.6. The van der Waals surface area contributed by atoms with E-state index in [1.165, 1.54) is 13.2 Å². The van der Waals surface area contributed by atoms with E-state index in [2.05, 4.69) is 21.2 Å². The Hall–Kier alpha value is -3.67. The Bertz CT molecular complexity index is 1340. The zero-order valence-electron chi connectivity index (χ0n) is 20.6. The van der Waals surface area contributed by atoms with E-state index >= 15 is 0 Å². The van der Waals surface area contributed by atoms with Crippen molar-refractivity contribution in [2.45, 2.75) is 20.1 Å².